The normalized spacial score (nSPS) is 11.5. The van der Waals surface area contributed by atoms with Gasteiger partial charge < -0.3 is 15.4 Å². The second-order valence-corrected chi connectivity index (χ2v) is 3.17. The van der Waals surface area contributed by atoms with Crippen LogP contribution in [0, 0.1) is 5.92 Å². The van der Waals surface area contributed by atoms with Crippen LogP contribution in [0.5, 0.6) is 0 Å². The van der Waals surface area contributed by atoms with Gasteiger partial charge >= 0.3 is 5.97 Å². The van der Waals surface area contributed by atoms with Crippen LogP contribution in [0.3, 0.4) is 0 Å². The van der Waals surface area contributed by atoms with Crippen molar-refractivity contribution in [2.45, 2.75) is 20.8 Å². The predicted molar refractivity (Wildman–Crippen MR) is 60.8 cm³/mol. The van der Waals surface area contributed by atoms with Crippen molar-refractivity contribution < 1.29 is 9.53 Å². The first-order valence-corrected chi connectivity index (χ1v) is 5.25. The quantitative estimate of drug-likeness (QED) is 0.395. The second kappa shape index (κ2) is 8.08. The van der Waals surface area contributed by atoms with Crippen molar-refractivity contribution in [2.24, 2.45) is 10.9 Å². The highest BCUT2D eigenvalue weighted by molar-refractivity contribution is 5.80. The van der Waals surface area contributed by atoms with E-state index in [2.05, 4.69) is 20.4 Å². The molecule has 88 valence electrons. The summed E-state index contributed by atoms with van der Waals surface area (Å²) in [7, 11) is 1.39. The summed E-state index contributed by atoms with van der Waals surface area (Å²) in [4.78, 5) is 15.4. The van der Waals surface area contributed by atoms with Crippen LogP contribution in [0.4, 0.5) is 0 Å². The van der Waals surface area contributed by atoms with Crippen molar-refractivity contribution in [1.82, 2.24) is 10.6 Å². The Labute approximate surface area is 91.3 Å². The summed E-state index contributed by atoms with van der Waals surface area (Å²) in [6, 6.07) is 0. The zero-order chi connectivity index (χ0) is 11.7. The van der Waals surface area contributed by atoms with E-state index in [1.807, 2.05) is 13.8 Å². The molecule has 0 rings (SSSR count). The van der Waals surface area contributed by atoms with Crippen LogP contribution >= 0.6 is 0 Å². The van der Waals surface area contributed by atoms with Gasteiger partial charge in [0, 0.05) is 13.1 Å². The van der Waals surface area contributed by atoms with Gasteiger partial charge in [-0.25, -0.2) is 0 Å². The molecule has 0 aliphatic carbocycles. The van der Waals surface area contributed by atoms with Crippen LogP contribution < -0.4 is 10.6 Å². The third kappa shape index (κ3) is 5.93. The molecule has 0 saturated heterocycles. The maximum atomic E-state index is 11.1. The number of rotatable bonds is 5. The summed E-state index contributed by atoms with van der Waals surface area (Å²) in [5, 5.41) is 6.17. The van der Waals surface area contributed by atoms with Gasteiger partial charge in [0.1, 0.15) is 0 Å². The van der Waals surface area contributed by atoms with E-state index < -0.39 is 0 Å². The lowest BCUT2D eigenvalue weighted by Crippen LogP contribution is -2.37. The number of nitrogens with zero attached hydrogens (tertiary/aromatic N) is 1. The SMILES string of the molecule is CCNC(=NCC(C)C(=O)OC)NCC. The molecule has 0 heterocycles. The predicted octanol–water partition coefficient (Wildman–Crippen LogP) is 0.370. The molecule has 15 heavy (non-hydrogen) atoms. The molecular formula is C10H21N3O2. The van der Waals surface area contributed by atoms with Crippen LogP contribution in [-0.2, 0) is 9.53 Å². The van der Waals surface area contributed by atoms with E-state index in [1.54, 1.807) is 6.92 Å². The molecule has 0 amide bonds. The lowest BCUT2D eigenvalue weighted by molar-refractivity contribution is -0.144. The van der Waals surface area contributed by atoms with E-state index in [0.29, 0.717) is 6.54 Å². The van der Waals surface area contributed by atoms with E-state index in [0.717, 1.165) is 19.0 Å². The Hall–Kier alpha value is -1.26. The first-order chi connectivity index (χ1) is 7.15. The van der Waals surface area contributed by atoms with E-state index in [1.165, 1.54) is 7.11 Å². The third-order valence-electron chi connectivity index (χ3n) is 1.82. The summed E-state index contributed by atoms with van der Waals surface area (Å²) < 4.78 is 4.62. The molecule has 0 radical (unpaired) electrons. The molecule has 1 unspecified atom stereocenters. The summed E-state index contributed by atoms with van der Waals surface area (Å²) in [6.07, 6.45) is 0. The van der Waals surface area contributed by atoms with Crippen LogP contribution in [-0.4, -0.2) is 38.7 Å². The molecule has 0 aromatic rings. The number of carbonyl (C=O) groups excluding carboxylic acids is 1. The van der Waals surface area contributed by atoms with Gasteiger partial charge in [-0.3, -0.25) is 9.79 Å². The Bertz CT molecular complexity index is 209. The maximum absolute atomic E-state index is 11.1. The summed E-state index contributed by atoms with van der Waals surface area (Å²) in [5.41, 5.74) is 0. The fourth-order valence-corrected chi connectivity index (χ4v) is 1.01. The zero-order valence-electron chi connectivity index (χ0n) is 9.96. The number of hydrogen-bond donors (Lipinski definition) is 2. The van der Waals surface area contributed by atoms with E-state index in [-0.39, 0.29) is 11.9 Å². The van der Waals surface area contributed by atoms with Crippen molar-refractivity contribution in [1.29, 1.82) is 0 Å². The second-order valence-electron chi connectivity index (χ2n) is 3.17. The largest absolute Gasteiger partial charge is 0.469 e. The average Bonchev–Trinajstić information content (AvgIpc) is 2.25. The lowest BCUT2D eigenvalue weighted by atomic mass is 10.2. The van der Waals surface area contributed by atoms with Gasteiger partial charge in [0.15, 0.2) is 5.96 Å². The molecule has 5 nitrogen and oxygen atoms in total. The highest BCUT2D eigenvalue weighted by atomic mass is 16.5. The van der Waals surface area contributed by atoms with Gasteiger partial charge in [-0.1, -0.05) is 6.92 Å². The fourth-order valence-electron chi connectivity index (χ4n) is 1.01. The number of ether oxygens (including phenoxy) is 1. The number of carbonyl (C=O) groups is 1. The Morgan fingerprint density at radius 2 is 1.87 bits per heavy atom. The minimum atomic E-state index is -0.230. The molecule has 0 fully saturated rings. The summed E-state index contributed by atoms with van der Waals surface area (Å²) in [6.45, 7) is 7.83. The minimum Gasteiger partial charge on any atom is -0.469 e. The maximum Gasteiger partial charge on any atom is 0.310 e. The average molecular weight is 215 g/mol. The van der Waals surface area contributed by atoms with Crippen molar-refractivity contribution in [2.75, 3.05) is 26.7 Å². The number of methoxy groups -OCH3 is 1. The molecule has 5 heteroatoms. The molecule has 0 aliphatic rings. The Balaban J connectivity index is 4.12. The Morgan fingerprint density at radius 1 is 1.33 bits per heavy atom. The van der Waals surface area contributed by atoms with Crippen molar-refractivity contribution in [3.05, 3.63) is 0 Å². The molecule has 0 aliphatic heterocycles. The molecular weight excluding hydrogens is 194 g/mol. The van der Waals surface area contributed by atoms with Gasteiger partial charge in [-0.05, 0) is 13.8 Å². The van der Waals surface area contributed by atoms with Gasteiger partial charge in [0.2, 0.25) is 0 Å². The Morgan fingerprint density at radius 3 is 2.27 bits per heavy atom. The first kappa shape index (κ1) is 13.7. The van der Waals surface area contributed by atoms with Crippen LogP contribution in [0.15, 0.2) is 4.99 Å². The minimum absolute atomic E-state index is 0.206. The standard InChI is InChI=1S/C10H21N3O2/c1-5-11-10(12-6-2)13-7-8(3)9(14)15-4/h8H,5-7H2,1-4H3,(H2,11,12,13). The van der Waals surface area contributed by atoms with Gasteiger partial charge in [0.05, 0.1) is 19.6 Å². The molecule has 2 N–H and O–H groups in total. The monoisotopic (exact) mass is 215 g/mol. The molecule has 0 aromatic heterocycles. The van der Waals surface area contributed by atoms with Gasteiger partial charge in [-0.15, -0.1) is 0 Å². The smallest absolute Gasteiger partial charge is 0.310 e. The zero-order valence-corrected chi connectivity index (χ0v) is 9.96. The van der Waals surface area contributed by atoms with Crippen molar-refractivity contribution in [3.63, 3.8) is 0 Å². The molecule has 0 bridgehead atoms. The van der Waals surface area contributed by atoms with Gasteiger partial charge in [-0.2, -0.15) is 0 Å². The summed E-state index contributed by atoms with van der Waals surface area (Å²) in [5.74, 6) is 0.296. The van der Waals surface area contributed by atoms with Crippen LogP contribution in [0.1, 0.15) is 20.8 Å². The summed E-state index contributed by atoms with van der Waals surface area (Å²) >= 11 is 0. The first-order valence-electron chi connectivity index (χ1n) is 5.25. The van der Waals surface area contributed by atoms with E-state index in [9.17, 15) is 4.79 Å². The van der Waals surface area contributed by atoms with Crippen molar-refractivity contribution >= 4 is 11.9 Å². The molecule has 0 saturated carbocycles. The number of hydrogen-bond acceptors (Lipinski definition) is 3. The van der Waals surface area contributed by atoms with E-state index in [4.69, 9.17) is 0 Å². The molecule has 1 atom stereocenters. The van der Waals surface area contributed by atoms with Crippen LogP contribution in [0.25, 0.3) is 0 Å². The number of guanidine groups is 1. The number of nitrogens with one attached hydrogen (secondary N) is 2. The Kier molecular flexibility index (Phi) is 7.40. The topological polar surface area (TPSA) is 62.7 Å². The number of aliphatic imine (C=N–C) groups is 1. The highest BCUT2D eigenvalue weighted by Crippen LogP contribution is 1.97. The highest BCUT2D eigenvalue weighted by Gasteiger charge is 2.12. The van der Waals surface area contributed by atoms with Crippen LogP contribution in [0.2, 0.25) is 0 Å². The van der Waals surface area contributed by atoms with Gasteiger partial charge in [0.25, 0.3) is 0 Å². The third-order valence-corrected chi connectivity index (χ3v) is 1.82. The lowest BCUT2D eigenvalue weighted by Gasteiger charge is -2.11. The van der Waals surface area contributed by atoms with E-state index >= 15 is 0 Å². The fraction of sp³-hybridized carbons (Fsp3) is 0.800. The number of esters is 1. The van der Waals surface area contributed by atoms with Crippen molar-refractivity contribution in [3.8, 4) is 0 Å². The molecule has 0 aromatic carbocycles. The molecule has 0 spiro atoms.